The third kappa shape index (κ3) is 4.42. The van der Waals surface area contributed by atoms with Crippen LogP contribution in [-0.2, 0) is 9.47 Å². The van der Waals surface area contributed by atoms with Gasteiger partial charge in [-0.3, -0.25) is 0 Å². The van der Waals surface area contributed by atoms with Crippen molar-refractivity contribution >= 4 is 0 Å². The fourth-order valence-electron chi connectivity index (χ4n) is 8.96. The molecule has 0 N–H and O–H groups in total. The average Bonchev–Trinajstić information content (AvgIpc) is 3.09. The van der Waals surface area contributed by atoms with Gasteiger partial charge in [0.2, 0.25) is 0 Å². The first kappa shape index (κ1) is 23.8. The van der Waals surface area contributed by atoms with E-state index in [-0.39, 0.29) is 0 Å². The van der Waals surface area contributed by atoms with Crippen LogP contribution in [0.3, 0.4) is 0 Å². The molecule has 3 fully saturated rings. The highest BCUT2D eigenvalue weighted by molar-refractivity contribution is 5.25. The number of hydrogen-bond acceptors (Lipinski definition) is 2. The van der Waals surface area contributed by atoms with E-state index in [1.165, 1.54) is 64.2 Å². The van der Waals surface area contributed by atoms with Gasteiger partial charge in [0.1, 0.15) is 6.79 Å². The minimum absolute atomic E-state index is 0.368. The molecular formula is C29H50O2. The van der Waals surface area contributed by atoms with Gasteiger partial charge >= 0.3 is 0 Å². The molecule has 4 aliphatic rings. The molecule has 0 spiro atoms. The predicted octanol–water partition coefficient (Wildman–Crippen LogP) is 8.02. The van der Waals surface area contributed by atoms with Crippen LogP contribution < -0.4 is 0 Å². The molecule has 0 amide bonds. The number of rotatable bonds is 8. The second-order valence-electron chi connectivity index (χ2n) is 12.7. The highest BCUT2D eigenvalue weighted by Gasteiger charge is 2.59. The molecule has 0 heterocycles. The second kappa shape index (κ2) is 9.49. The largest absolute Gasteiger partial charge is 0.359 e. The van der Waals surface area contributed by atoms with Crippen molar-refractivity contribution in [3.8, 4) is 0 Å². The first-order valence-corrected chi connectivity index (χ1v) is 13.6. The monoisotopic (exact) mass is 430 g/mol. The maximum absolute atomic E-state index is 5.97. The van der Waals surface area contributed by atoms with Crippen LogP contribution >= 0.6 is 0 Å². The Balaban J connectivity index is 1.45. The lowest BCUT2D eigenvalue weighted by molar-refractivity contribution is -0.0985. The molecule has 0 aromatic carbocycles. The third-order valence-corrected chi connectivity index (χ3v) is 10.7. The quantitative estimate of drug-likeness (QED) is 0.287. The van der Waals surface area contributed by atoms with E-state index in [1.807, 2.05) is 0 Å². The summed E-state index contributed by atoms with van der Waals surface area (Å²) in [6.45, 7) is 13.1. The Morgan fingerprint density at radius 3 is 2.55 bits per heavy atom. The van der Waals surface area contributed by atoms with Gasteiger partial charge in [0.25, 0.3) is 0 Å². The van der Waals surface area contributed by atoms with Crippen LogP contribution in [-0.4, -0.2) is 20.0 Å². The van der Waals surface area contributed by atoms with Crippen molar-refractivity contribution in [2.24, 2.45) is 46.3 Å². The smallest absolute Gasteiger partial charge is 0.146 e. The average molecular weight is 431 g/mol. The van der Waals surface area contributed by atoms with Gasteiger partial charge < -0.3 is 9.47 Å². The van der Waals surface area contributed by atoms with Crippen LogP contribution in [0.2, 0.25) is 0 Å². The number of fused-ring (bicyclic) bond motifs is 5. The Hall–Kier alpha value is -0.340. The van der Waals surface area contributed by atoms with Crippen LogP contribution in [0.25, 0.3) is 0 Å². The lowest BCUT2D eigenvalue weighted by atomic mass is 9.47. The van der Waals surface area contributed by atoms with E-state index in [2.05, 4.69) is 40.7 Å². The summed E-state index contributed by atoms with van der Waals surface area (Å²) in [5.41, 5.74) is 2.75. The highest BCUT2D eigenvalue weighted by atomic mass is 16.7. The molecule has 8 atom stereocenters. The van der Waals surface area contributed by atoms with Crippen molar-refractivity contribution in [1.82, 2.24) is 0 Å². The number of ether oxygens (including phenoxy) is 2. The highest BCUT2D eigenvalue weighted by Crippen LogP contribution is 2.67. The zero-order valence-electron chi connectivity index (χ0n) is 21.4. The van der Waals surface area contributed by atoms with Gasteiger partial charge in [-0.05, 0) is 97.7 Å². The van der Waals surface area contributed by atoms with Gasteiger partial charge in [0.15, 0.2) is 0 Å². The lowest BCUT2D eigenvalue weighted by Crippen LogP contribution is -2.51. The molecule has 0 saturated heterocycles. The Kier molecular flexibility index (Phi) is 7.29. The molecule has 2 heteroatoms. The summed E-state index contributed by atoms with van der Waals surface area (Å²) >= 11 is 0. The van der Waals surface area contributed by atoms with Gasteiger partial charge in [-0.2, -0.15) is 0 Å². The molecule has 178 valence electrons. The van der Waals surface area contributed by atoms with Gasteiger partial charge in [-0.1, -0.05) is 65.5 Å². The van der Waals surface area contributed by atoms with E-state index in [0.29, 0.717) is 23.7 Å². The molecule has 2 nitrogen and oxygen atoms in total. The Morgan fingerprint density at radius 2 is 1.81 bits per heavy atom. The summed E-state index contributed by atoms with van der Waals surface area (Å²) in [5, 5.41) is 0. The summed E-state index contributed by atoms with van der Waals surface area (Å²) in [4.78, 5) is 0. The van der Waals surface area contributed by atoms with Crippen LogP contribution in [0.15, 0.2) is 11.6 Å². The van der Waals surface area contributed by atoms with E-state index >= 15 is 0 Å². The summed E-state index contributed by atoms with van der Waals surface area (Å²) in [6.07, 6.45) is 18.2. The zero-order valence-corrected chi connectivity index (χ0v) is 21.4. The van der Waals surface area contributed by atoms with Crippen LogP contribution in [0.1, 0.15) is 105 Å². The molecule has 31 heavy (non-hydrogen) atoms. The van der Waals surface area contributed by atoms with E-state index in [0.717, 1.165) is 41.9 Å². The first-order chi connectivity index (χ1) is 14.8. The zero-order chi connectivity index (χ0) is 22.2. The van der Waals surface area contributed by atoms with E-state index in [4.69, 9.17) is 9.47 Å². The summed E-state index contributed by atoms with van der Waals surface area (Å²) in [5.74, 6) is 5.51. The molecule has 3 saturated carbocycles. The van der Waals surface area contributed by atoms with Gasteiger partial charge in [0, 0.05) is 7.11 Å². The summed E-state index contributed by atoms with van der Waals surface area (Å²) in [6, 6.07) is 0. The van der Waals surface area contributed by atoms with Crippen molar-refractivity contribution in [3.63, 3.8) is 0 Å². The summed E-state index contributed by atoms with van der Waals surface area (Å²) in [7, 11) is 1.73. The number of methoxy groups -OCH3 is 1. The van der Waals surface area contributed by atoms with E-state index < -0.39 is 0 Å². The van der Waals surface area contributed by atoms with Crippen molar-refractivity contribution in [2.75, 3.05) is 13.9 Å². The molecule has 0 aromatic heterocycles. The minimum Gasteiger partial charge on any atom is -0.359 e. The number of allylic oxidation sites excluding steroid dienone is 1. The van der Waals surface area contributed by atoms with Crippen molar-refractivity contribution in [2.45, 2.75) is 111 Å². The van der Waals surface area contributed by atoms with E-state index in [1.54, 1.807) is 12.7 Å². The van der Waals surface area contributed by atoms with Gasteiger partial charge in [-0.25, -0.2) is 0 Å². The second-order valence-corrected chi connectivity index (χ2v) is 12.7. The predicted molar refractivity (Wildman–Crippen MR) is 130 cm³/mol. The lowest BCUT2D eigenvalue weighted by Gasteiger charge is -2.58. The van der Waals surface area contributed by atoms with Crippen molar-refractivity contribution in [1.29, 1.82) is 0 Å². The van der Waals surface area contributed by atoms with Gasteiger partial charge in [0.05, 0.1) is 6.10 Å². The standard InChI is InChI=1S/C29H50O2/c1-20(2)8-7-9-21(3)25-12-13-26-24-11-10-22-18-23(31-19-30-6)14-16-28(22,4)27(24)15-17-29(25,26)5/h10,20-21,23-27H,7-9,11-19H2,1-6H3/t21-,23+,24+,25-,26+,27+,28+,29-/m1/s1. The van der Waals surface area contributed by atoms with Crippen LogP contribution in [0.5, 0.6) is 0 Å². The topological polar surface area (TPSA) is 18.5 Å². The Labute approximate surface area is 192 Å². The summed E-state index contributed by atoms with van der Waals surface area (Å²) < 4.78 is 11.1. The van der Waals surface area contributed by atoms with Crippen LogP contribution in [0, 0.1) is 46.3 Å². The Bertz CT molecular complexity index is 639. The maximum atomic E-state index is 5.97. The SMILES string of the molecule is COCO[C@H]1CC[C@@]2(C)C(=CC[C@H]3[C@@H]4CC[C@H]([C@H](C)CCCC(C)C)[C@@]4(C)CC[C@@H]32)C1. The molecule has 0 radical (unpaired) electrons. The normalized spacial score (nSPS) is 43.2. The number of hydrogen-bond donors (Lipinski definition) is 0. The Morgan fingerprint density at radius 1 is 1.00 bits per heavy atom. The maximum Gasteiger partial charge on any atom is 0.146 e. The van der Waals surface area contributed by atoms with E-state index in [9.17, 15) is 0 Å². The molecule has 0 bridgehead atoms. The molecular weight excluding hydrogens is 380 g/mol. The molecule has 0 aliphatic heterocycles. The van der Waals surface area contributed by atoms with Crippen molar-refractivity contribution in [3.05, 3.63) is 11.6 Å². The van der Waals surface area contributed by atoms with Crippen molar-refractivity contribution < 1.29 is 9.47 Å². The molecule has 4 aliphatic carbocycles. The molecule has 4 rings (SSSR count). The first-order valence-electron chi connectivity index (χ1n) is 13.6. The fourth-order valence-corrected chi connectivity index (χ4v) is 8.96. The molecule has 0 unspecified atom stereocenters. The van der Waals surface area contributed by atoms with Crippen LogP contribution in [0.4, 0.5) is 0 Å². The van der Waals surface area contributed by atoms with Gasteiger partial charge in [-0.15, -0.1) is 0 Å². The minimum atomic E-state index is 0.368. The fraction of sp³-hybridized carbons (Fsp3) is 0.931. The molecule has 0 aromatic rings. The third-order valence-electron chi connectivity index (χ3n) is 10.7.